The monoisotopic (exact) mass is 164 g/mol. The first-order valence-corrected chi connectivity index (χ1v) is 3.01. The lowest BCUT2D eigenvalue weighted by Crippen LogP contribution is -2.11. The first kappa shape index (κ1) is 8.10. The highest BCUT2D eigenvalue weighted by Crippen LogP contribution is 2.19. The molecular formula is C6H7F3N2. The summed E-state index contributed by atoms with van der Waals surface area (Å²) in [5.74, 6) is 0. The van der Waals surface area contributed by atoms with E-state index in [1.165, 1.54) is 17.1 Å². The molecule has 0 spiro atoms. The van der Waals surface area contributed by atoms with Gasteiger partial charge in [-0.15, -0.1) is 0 Å². The number of alkyl halides is 3. The van der Waals surface area contributed by atoms with Gasteiger partial charge in [0.15, 0.2) is 0 Å². The van der Waals surface area contributed by atoms with Crippen LogP contribution in [0.4, 0.5) is 13.2 Å². The summed E-state index contributed by atoms with van der Waals surface area (Å²) in [6, 6.07) is 0. The maximum absolute atomic E-state index is 11.7. The minimum atomic E-state index is -4.16. The zero-order chi connectivity index (χ0) is 8.48. The van der Waals surface area contributed by atoms with E-state index < -0.39 is 12.6 Å². The van der Waals surface area contributed by atoms with E-state index in [2.05, 4.69) is 4.98 Å². The maximum atomic E-state index is 11.7. The van der Waals surface area contributed by atoms with Crippen LogP contribution < -0.4 is 0 Å². The third kappa shape index (κ3) is 2.61. The minimum absolute atomic E-state index is 0.0556. The van der Waals surface area contributed by atoms with Crippen molar-refractivity contribution in [3.05, 3.63) is 18.2 Å². The van der Waals surface area contributed by atoms with Crippen molar-refractivity contribution in [2.24, 2.45) is 7.05 Å². The second-order valence-electron chi connectivity index (χ2n) is 2.32. The zero-order valence-corrected chi connectivity index (χ0v) is 5.89. The summed E-state index contributed by atoms with van der Waals surface area (Å²) in [6.07, 6.45) is -2.41. The van der Waals surface area contributed by atoms with Crippen LogP contribution >= 0.6 is 0 Å². The molecule has 0 aliphatic rings. The van der Waals surface area contributed by atoms with Gasteiger partial charge in [-0.25, -0.2) is 4.98 Å². The number of aryl methyl sites for hydroxylation is 1. The Morgan fingerprint density at radius 2 is 2.18 bits per heavy atom. The van der Waals surface area contributed by atoms with Crippen LogP contribution in [0.1, 0.15) is 5.69 Å². The van der Waals surface area contributed by atoms with Crippen LogP contribution in [-0.2, 0) is 13.5 Å². The van der Waals surface area contributed by atoms with Gasteiger partial charge in [0.05, 0.1) is 18.4 Å². The van der Waals surface area contributed by atoms with E-state index in [4.69, 9.17) is 0 Å². The lowest BCUT2D eigenvalue weighted by molar-refractivity contribution is -0.127. The molecule has 2 nitrogen and oxygen atoms in total. The van der Waals surface area contributed by atoms with Crippen LogP contribution in [0, 0.1) is 0 Å². The molecule has 0 aromatic carbocycles. The smallest absolute Gasteiger partial charge is 0.340 e. The van der Waals surface area contributed by atoms with Crippen molar-refractivity contribution in [2.45, 2.75) is 12.6 Å². The molecule has 0 N–H and O–H groups in total. The van der Waals surface area contributed by atoms with Crippen LogP contribution in [0.2, 0.25) is 0 Å². The van der Waals surface area contributed by atoms with E-state index in [9.17, 15) is 13.2 Å². The average Bonchev–Trinajstić information content (AvgIpc) is 2.10. The summed E-state index contributed by atoms with van der Waals surface area (Å²) in [5, 5.41) is 0. The summed E-state index contributed by atoms with van der Waals surface area (Å²) < 4.78 is 36.6. The molecular weight excluding hydrogens is 157 g/mol. The quantitative estimate of drug-likeness (QED) is 0.615. The molecule has 1 aromatic rings. The Morgan fingerprint density at radius 3 is 2.55 bits per heavy atom. The van der Waals surface area contributed by atoms with Crippen LogP contribution in [0.3, 0.4) is 0 Å². The highest BCUT2D eigenvalue weighted by molar-refractivity contribution is 4.97. The van der Waals surface area contributed by atoms with Gasteiger partial charge in [-0.1, -0.05) is 0 Å². The highest BCUT2D eigenvalue weighted by atomic mass is 19.4. The summed E-state index contributed by atoms with van der Waals surface area (Å²) in [7, 11) is 1.63. The molecule has 0 aliphatic heterocycles. The first-order chi connectivity index (χ1) is 4.97. The number of hydrogen-bond donors (Lipinski definition) is 0. The van der Waals surface area contributed by atoms with Crippen LogP contribution in [0.15, 0.2) is 12.5 Å². The van der Waals surface area contributed by atoms with Gasteiger partial charge in [0.25, 0.3) is 0 Å². The fourth-order valence-electron chi connectivity index (χ4n) is 0.764. The molecule has 1 heterocycles. The van der Waals surface area contributed by atoms with Crippen LogP contribution in [-0.4, -0.2) is 15.7 Å². The molecule has 0 unspecified atom stereocenters. The molecule has 62 valence electrons. The van der Waals surface area contributed by atoms with Gasteiger partial charge in [-0.3, -0.25) is 0 Å². The standard InChI is InChI=1S/C6H7F3N2/c1-11-3-5(10-4-11)2-6(7,8)9/h3-4H,2H2,1H3. The molecule has 0 radical (unpaired) electrons. The Bertz CT molecular complexity index is 238. The Hall–Kier alpha value is -1.00. The molecule has 1 rings (SSSR count). The van der Waals surface area contributed by atoms with Gasteiger partial charge >= 0.3 is 6.18 Å². The molecule has 11 heavy (non-hydrogen) atoms. The Labute approximate surface area is 61.7 Å². The van der Waals surface area contributed by atoms with Crippen molar-refractivity contribution >= 4 is 0 Å². The molecule has 0 saturated heterocycles. The topological polar surface area (TPSA) is 17.8 Å². The Kier molecular flexibility index (Phi) is 1.89. The number of rotatable bonds is 1. The third-order valence-electron chi connectivity index (χ3n) is 1.14. The van der Waals surface area contributed by atoms with Gasteiger partial charge in [-0.05, 0) is 0 Å². The lowest BCUT2D eigenvalue weighted by atomic mass is 10.3. The van der Waals surface area contributed by atoms with Crippen LogP contribution in [0.25, 0.3) is 0 Å². The highest BCUT2D eigenvalue weighted by Gasteiger charge is 2.28. The van der Waals surface area contributed by atoms with Gasteiger partial charge in [0.2, 0.25) is 0 Å². The van der Waals surface area contributed by atoms with Crippen LogP contribution in [0.5, 0.6) is 0 Å². The molecule has 1 aromatic heterocycles. The fourth-order valence-corrected chi connectivity index (χ4v) is 0.764. The Balaban J connectivity index is 2.65. The maximum Gasteiger partial charge on any atom is 0.394 e. The van der Waals surface area contributed by atoms with E-state index in [1.807, 2.05) is 0 Å². The van der Waals surface area contributed by atoms with E-state index >= 15 is 0 Å². The molecule has 0 bridgehead atoms. The van der Waals surface area contributed by atoms with E-state index in [0.717, 1.165) is 0 Å². The van der Waals surface area contributed by atoms with Gasteiger partial charge in [0, 0.05) is 13.2 Å². The van der Waals surface area contributed by atoms with Crippen molar-refractivity contribution in [1.29, 1.82) is 0 Å². The Morgan fingerprint density at radius 1 is 1.55 bits per heavy atom. The number of imidazole rings is 1. The van der Waals surface area contributed by atoms with Gasteiger partial charge in [0.1, 0.15) is 0 Å². The molecule has 0 aliphatic carbocycles. The number of aromatic nitrogens is 2. The van der Waals surface area contributed by atoms with Crippen molar-refractivity contribution in [2.75, 3.05) is 0 Å². The number of hydrogen-bond acceptors (Lipinski definition) is 1. The molecule has 0 saturated carbocycles. The summed E-state index contributed by atoms with van der Waals surface area (Å²) >= 11 is 0. The summed E-state index contributed by atoms with van der Waals surface area (Å²) in [5.41, 5.74) is 0.0556. The zero-order valence-electron chi connectivity index (χ0n) is 5.89. The fraction of sp³-hybridized carbons (Fsp3) is 0.500. The largest absolute Gasteiger partial charge is 0.394 e. The van der Waals surface area contributed by atoms with Crippen molar-refractivity contribution in [3.63, 3.8) is 0 Å². The van der Waals surface area contributed by atoms with E-state index in [1.54, 1.807) is 7.05 Å². The number of nitrogens with zero attached hydrogens (tertiary/aromatic N) is 2. The lowest BCUT2D eigenvalue weighted by Gasteiger charge is -2.01. The third-order valence-corrected chi connectivity index (χ3v) is 1.14. The first-order valence-electron chi connectivity index (χ1n) is 3.01. The van der Waals surface area contributed by atoms with Gasteiger partial charge < -0.3 is 4.57 Å². The predicted octanol–water partition coefficient (Wildman–Crippen LogP) is 1.52. The second-order valence-corrected chi connectivity index (χ2v) is 2.32. The summed E-state index contributed by atoms with van der Waals surface area (Å²) in [4.78, 5) is 3.54. The normalized spacial score (nSPS) is 12.0. The predicted molar refractivity (Wildman–Crippen MR) is 33.0 cm³/mol. The van der Waals surface area contributed by atoms with Crippen molar-refractivity contribution in [1.82, 2.24) is 9.55 Å². The summed E-state index contributed by atoms with van der Waals surface area (Å²) in [6.45, 7) is 0. The molecule has 5 heteroatoms. The van der Waals surface area contributed by atoms with Crippen molar-refractivity contribution in [3.8, 4) is 0 Å². The van der Waals surface area contributed by atoms with Gasteiger partial charge in [-0.2, -0.15) is 13.2 Å². The minimum Gasteiger partial charge on any atom is -0.340 e. The number of halogens is 3. The molecule has 0 fully saturated rings. The van der Waals surface area contributed by atoms with Crippen molar-refractivity contribution < 1.29 is 13.2 Å². The average molecular weight is 164 g/mol. The van der Waals surface area contributed by atoms with E-state index in [0.29, 0.717) is 0 Å². The molecule has 0 atom stereocenters. The second kappa shape index (κ2) is 2.56. The van der Waals surface area contributed by atoms with E-state index in [-0.39, 0.29) is 5.69 Å². The molecule has 0 amide bonds. The SMILES string of the molecule is Cn1cnc(CC(F)(F)F)c1.